The molecule has 3 rings (SSSR count). The molecule has 8 heteroatoms. The molecule has 0 aromatic heterocycles. The summed E-state index contributed by atoms with van der Waals surface area (Å²) in [6, 6.07) is 10.3. The van der Waals surface area contributed by atoms with Crippen molar-refractivity contribution >= 4 is 29.1 Å². The van der Waals surface area contributed by atoms with Crippen LogP contribution in [0, 0.1) is 0 Å². The van der Waals surface area contributed by atoms with Crippen LogP contribution in [0.1, 0.15) is 22.3 Å². The van der Waals surface area contributed by atoms with Crippen molar-refractivity contribution in [3.63, 3.8) is 0 Å². The van der Waals surface area contributed by atoms with E-state index in [1.54, 1.807) is 24.3 Å². The number of nitrogens with one attached hydrogen (secondary N) is 1. The molecule has 0 bridgehead atoms. The summed E-state index contributed by atoms with van der Waals surface area (Å²) >= 11 is 5.83. The van der Waals surface area contributed by atoms with Crippen molar-refractivity contribution in [2.75, 3.05) is 11.4 Å². The number of alkyl halides is 3. The van der Waals surface area contributed by atoms with Crippen LogP contribution < -0.4 is 10.2 Å². The van der Waals surface area contributed by atoms with Crippen molar-refractivity contribution in [3.8, 4) is 0 Å². The Balaban J connectivity index is 1.65. The third-order valence-corrected chi connectivity index (χ3v) is 4.32. The lowest BCUT2D eigenvalue weighted by Crippen LogP contribution is -2.37. The van der Waals surface area contributed by atoms with Gasteiger partial charge in [-0.05, 0) is 48.5 Å². The highest BCUT2D eigenvalue weighted by molar-refractivity contribution is 6.30. The predicted molar refractivity (Wildman–Crippen MR) is 91.1 cm³/mol. The highest BCUT2D eigenvalue weighted by atomic mass is 35.5. The number of rotatable bonds is 3. The van der Waals surface area contributed by atoms with E-state index in [4.69, 9.17) is 11.6 Å². The Morgan fingerprint density at radius 1 is 1.08 bits per heavy atom. The van der Waals surface area contributed by atoms with Crippen molar-refractivity contribution in [2.45, 2.75) is 18.6 Å². The van der Waals surface area contributed by atoms with E-state index in [1.807, 2.05) is 0 Å². The highest BCUT2D eigenvalue weighted by Crippen LogP contribution is 2.29. The smallest absolute Gasteiger partial charge is 0.347 e. The summed E-state index contributed by atoms with van der Waals surface area (Å²) in [4.78, 5) is 25.9. The molecule has 0 aliphatic carbocycles. The van der Waals surface area contributed by atoms with E-state index in [-0.39, 0.29) is 24.4 Å². The second-order valence-corrected chi connectivity index (χ2v) is 6.37. The summed E-state index contributed by atoms with van der Waals surface area (Å²) in [7, 11) is 0. The molecule has 0 radical (unpaired) electrons. The lowest BCUT2D eigenvalue weighted by atomic mass is 10.1. The quantitative estimate of drug-likeness (QED) is 0.875. The molecule has 2 aromatic rings. The second kappa shape index (κ2) is 6.99. The topological polar surface area (TPSA) is 49.4 Å². The molecular formula is C18H14ClF3N2O2. The maximum atomic E-state index is 12.6. The van der Waals surface area contributed by atoms with Gasteiger partial charge in [0, 0.05) is 29.2 Å². The number of amides is 2. The van der Waals surface area contributed by atoms with Crippen LogP contribution in [0.15, 0.2) is 48.5 Å². The van der Waals surface area contributed by atoms with Gasteiger partial charge in [0.15, 0.2) is 0 Å². The zero-order chi connectivity index (χ0) is 18.9. The summed E-state index contributed by atoms with van der Waals surface area (Å²) in [5.74, 6) is -0.667. The van der Waals surface area contributed by atoms with Crippen LogP contribution in [0.3, 0.4) is 0 Å². The molecule has 0 spiro atoms. The number of anilines is 1. The summed E-state index contributed by atoms with van der Waals surface area (Å²) < 4.78 is 37.7. The summed E-state index contributed by atoms with van der Waals surface area (Å²) in [5.41, 5.74) is -0.0416. The Labute approximate surface area is 152 Å². The van der Waals surface area contributed by atoms with Gasteiger partial charge in [-0.3, -0.25) is 9.59 Å². The fraction of sp³-hybridized carbons (Fsp3) is 0.222. The van der Waals surface area contributed by atoms with Gasteiger partial charge in [0.05, 0.1) is 11.6 Å². The number of nitrogens with zero attached hydrogens (tertiary/aromatic N) is 1. The van der Waals surface area contributed by atoms with Crippen LogP contribution in [-0.2, 0) is 11.0 Å². The molecule has 1 heterocycles. The number of carbonyl (C=O) groups excluding carboxylic acids is 2. The van der Waals surface area contributed by atoms with Gasteiger partial charge in [0.2, 0.25) is 5.91 Å². The molecule has 26 heavy (non-hydrogen) atoms. The van der Waals surface area contributed by atoms with Gasteiger partial charge in [0.1, 0.15) is 0 Å². The molecule has 1 aliphatic heterocycles. The number of hydrogen-bond acceptors (Lipinski definition) is 2. The van der Waals surface area contributed by atoms with Gasteiger partial charge >= 0.3 is 6.18 Å². The molecule has 2 amide bonds. The molecule has 4 nitrogen and oxygen atoms in total. The standard InChI is InChI=1S/C18H14ClF3N2O2/c19-13-5-7-15(8-6-13)24-10-14(9-16(24)25)23-17(26)11-1-3-12(4-2-11)18(20,21)22/h1-8,14H,9-10H2,(H,23,26). The number of carbonyl (C=O) groups is 2. The monoisotopic (exact) mass is 382 g/mol. The fourth-order valence-corrected chi connectivity index (χ4v) is 2.88. The largest absolute Gasteiger partial charge is 0.416 e. The number of hydrogen-bond donors (Lipinski definition) is 1. The van der Waals surface area contributed by atoms with Crippen molar-refractivity contribution < 1.29 is 22.8 Å². The van der Waals surface area contributed by atoms with E-state index in [0.29, 0.717) is 10.7 Å². The van der Waals surface area contributed by atoms with E-state index in [9.17, 15) is 22.8 Å². The molecule has 136 valence electrons. The summed E-state index contributed by atoms with van der Waals surface area (Å²) in [6.45, 7) is 0.285. The van der Waals surface area contributed by atoms with E-state index < -0.39 is 23.7 Å². The first kappa shape index (κ1) is 18.3. The minimum Gasteiger partial charge on any atom is -0.347 e. The van der Waals surface area contributed by atoms with Gasteiger partial charge in [0.25, 0.3) is 5.91 Å². The third-order valence-electron chi connectivity index (χ3n) is 4.07. The predicted octanol–water partition coefficient (Wildman–Crippen LogP) is 3.89. The number of halogens is 4. The molecule has 1 atom stereocenters. The van der Waals surface area contributed by atoms with Crippen LogP contribution >= 0.6 is 11.6 Å². The fourth-order valence-electron chi connectivity index (χ4n) is 2.75. The second-order valence-electron chi connectivity index (χ2n) is 5.93. The van der Waals surface area contributed by atoms with E-state index in [1.165, 1.54) is 4.90 Å². The lowest BCUT2D eigenvalue weighted by Gasteiger charge is -2.17. The Bertz CT molecular complexity index is 820. The molecule has 1 unspecified atom stereocenters. The Kier molecular flexibility index (Phi) is 4.91. The van der Waals surface area contributed by atoms with Crippen LogP contribution in [0.2, 0.25) is 5.02 Å². The van der Waals surface area contributed by atoms with Gasteiger partial charge in [-0.2, -0.15) is 13.2 Å². The van der Waals surface area contributed by atoms with Crippen LogP contribution in [0.25, 0.3) is 0 Å². The van der Waals surface area contributed by atoms with Crippen molar-refractivity contribution in [2.24, 2.45) is 0 Å². The minimum atomic E-state index is -4.45. The van der Waals surface area contributed by atoms with Gasteiger partial charge < -0.3 is 10.2 Å². The van der Waals surface area contributed by atoms with Gasteiger partial charge in [-0.1, -0.05) is 11.6 Å². The molecule has 0 saturated carbocycles. The SMILES string of the molecule is O=C(NC1CC(=O)N(c2ccc(Cl)cc2)C1)c1ccc(C(F)(F)F)cc1. The lowest BCUT2D eigenvalue weighted by molar-refractivity contribution is -0.137. The molecule has 1 aliphatic rings. The molecule has 1 N–H and O–H groups in total. The van der Waals surface area contributed by atoms with E-state index in [2.05, 4.69) is 5.32 Å². The summed E-state index contributed by atoms with van der Waals surface area (Å²) in [6.07, 6.45) is -4.33. The van der Waals surface area contributed by atoms with Crippen LogP contribution in [0.5, 0.6) is 0 Å². The number of benzene rings is 2. The molecule has 1 saturated heterocycles. The molecule has 2 aromatic carbocycles. The maximum absolute atomic E-state index is 12.6. The Morgan fingerprint density at radius 3 is 2.27 bits per heavy atom. The minimum absolute atomic E-state index is 0.107. The molecule has 1 fully saturated rings. The van der Waals surface area contributed by atoms with Gasteiger partial charge in [-0.25, -0.2) is 0 Å². The zero-order valence-corrected chi connectivity index (χ0v) is 14.1. The normalized spacial score (nSPS) is 17.5. The Hall–Kier alpha value is -2.54. The third kappa shape index (κ3) is 3.99. The highest BCUT2D eigenvalue weighted by Gasteiger charge is 2.32. The average Bonchev–Trinajstić information content (AvgIpc) is 2.95. The van der Waals surface area contributed by atoms with Crippen molar-refractivity contribution in [3.05, 3.63) is 64.7 Å². The van der Waals surface area contributed by atoms with E-state index in [0.717, 1.165) is 24.3 Å². The first-order chi connectivity index (χ1) is 12.2. The van der Waals surface area contributed by atoms with Crippen LogP contribution in [-0.4, -0.2) is 24.4 Å². The first-order valence-corrected chi connectivity index (χ1v) is 8.16. The van der Waals surface area contributed by atoms with Crippen molar-refractivity contribution in [1.29, 1.82) is 0 Å². The summed E-state index contributed by atoms with van der Waals surface area (Å²) in [5, 5.41) is 3.23. The first-order valence-electron chi connectivity index (χ1n) is 7.78. The Morgan fingerprint density at radius 2 is 1.69 bits per heavy atom. The van der Waals surface area contributed by atoms with Crippen LogP contribution in [0.4, 0.5) is 18.9 Å². The average molecular weight is 383 g/mol. The van der Waals surface area contributed by atoms with E-state index >= 15 is 0 Å². The van der Waals surface area contributed by atoms with Crippen molar-refractivity contribution in [1.82, 2.24) is 5.32 Å². The van der Waals surface area contributed by atoms with Gasteiger partial charge in [-0.15, -0.1) is 0 Å². The maximum Gasteiger partial charge on any atom is 0.416 e. The zero-order valence-electron chi connectivity index (χ0n) is 13.4. The molecular weight excluding hydrogens is 369 g/mol.